The molecule has 0 amide bonds. The monoisotopic (exact) mass is 267 g/mol. The van der Waals surface area contributed by atoms with Crippen LogP contribution in [0.5, 0.6) is 0 Å². The molecule has 4 nitrogen and oxygen atoms in total. The van der Waals surface area contributed by atoms with Crippen LogP contribution in [0.2, 0.25) is 0 Å². The summed E-state index contributed by atoms with van der Waals surface area (Å²) in [5.74, 6) is 0. The smallest absolute Gasteiger partial charge is 0.394 e. The van der Waals surface area contributed by atoms with Gasteiger partial charge < -0.3 is 24.6 Å². The fourth-order valence-corrected chi connectivity index (χ4v) is 0.125. The molecule has 0 spiro atoms. The van der Waals surface area contributed by atoms with E-state index in [2.05, 4.69) is 11.9 Å². The first kappa shape index (κ1) is 29.8. The Morgan fingerprint density at radius 1 is 1.19 bits per heavy atom. The van der Waals surface area contributed by atoms with E-state index in [1.165, 1.54) is 6.08 Å². The Bertz CT molecular complexity index is 124. The van der Waals surface area contributed by atoms with Crippen LogP contribution in [0.3, 0.4) is 0 Å². The minimum absolute atomic E-state index is 0. The summed E-state index contributed by atoms with van der Waals surface area (Å²) in [6.07, 6.45) is 1.75. The molecule has 0 unspecified atom stereocenters. The van der Waals surface area contributed by atoms with Crippen molar-refractivity contribution in [1.29, 1.82) is 0 Å². The van der Waals surface area contributed by atoms with Crippen molar-refractivity contribution in [2.75, 3.05) is 6.54 Å². The number of carbonyl (C=O) groups excluding carboxylic acids is 1. The van der Waals surface area contributed by atoms with Gasteiger partial charge in [0.05, 0.1) is 0 Å². The molecule has 0 aromatic carbocycles. The summed E-state index contributed by atoms with van der Waals surface area (Å²) in [7, 11) is 0. The van der Waals surface area contributed by atoms with Gasteiger partial charge in [0.1, 0.15) is 0 Å². The molecule has 96 valence electrons. The van der Waals surface area contributed by atoms with E-state index in [9.17, 15) is 4.79 Å². The molecule has 0 aliphatic rings. The normalized spacial score (nSPS) is 7.06. The molecule has 5 heteroatoms. The van der Waals surface area contributed by atoms with Crippen LogP contribution >= 0.6 is 0 Å². The summed E-state index contributed by atoms with van der Waals surface area (Å²) in [5, 5.41) is 16.1. The molecule has 0 bridgehead atoms. The molecular weight excluding hydrogens is 242 g/mol. The van der Waals surface area contributed by atoms with Gasteiger partial charge in [0, 0.05) is 18.8 Å². The van der Waals surface area contributed by atoms with Crippen molar-refractivity contribution in [2.24, 2.45) is 4.99 Å². The maximum atomic E-state index is 9.24. The first-order valence-corrected chi connectivity index (χ1v) is 4.57. The van der Waals surface area contributed by atoms with Crippen LogP contribution in [0, 0.1) is 14.4 Å². The van der Waals surface area contributed by atoms with Crippen LogP contribution in [0.4, 0.5) is 0 Å². The van der Waals surface area contributed by atoms with E-state index in [0.29, 0.717) is 13.0 Å². The van der Waals surface area contributed by atoms with Gasteiger partial charge in [-0.2, -0.15) is 6.42 Å². The van der Waals surface area contributed by atoms with Gasteiger partial charge >= 0.3 is 21.7 Å². The number of aliphatic imine (C=N–C) groups is 1. The second-order valence-electron chi connectivity index (χ2n) is 3.01. The third kappa shape index (κ3) is 261. The van der Waals surface area contributed by atoms with Gasteiger partial charge in [-0.1, -0.05) is 0 Å². The summed E-state index contributed by atoms with van der Waals surface area (Å²) in [4.78, 5) is 12.5. The maximum absolute atomic E-state index is 9.24. The van der Waals surface area contributed by atoms with Crippen molar-refractivity contribution in [1.82, 2.24) is 0 Å². The number of aliphatic hydroxyl groups is 2. The Hall–Kier alpha value is 0.0143. The Morgan fingerprint density at radius 2 is 1.44 bits per heavy atom. The van der Waals surface area contributed by atoms with Crippen LogP contribution in [0.25, 0.3) is 0 Å². The molecule has 0 saturated carbocycles. The number of isocyanates is 1. The first-order chi connectivity index (χ1) is 6.38. The molecule has 0 heterocycles. The fraction of sp³-hybridized carbons (Fsp3) is 0.727. The molecule has 0 rings (SSSR count). The molecule has 0 saturated heterocycles. The van der Waals surface area contributed by atoms with E-state index < -0.39 is 0 Å². The second kappa shape index (κ2) is 29.4. The minimum atomic E-state index is -0.167. The second-order valence-corrected chi connectivity index (χ2v) is 3.01. The van der Waals surface area contributed by atoms with Gasteiger partial charge in [-0.15, -0.1) is 0 Å². The zero-order valence-electron chi connectivity index (χ0n) is 11.0. The van der Waals surface area contributed by atoms with Gasteiger partial charge in [-0.25, -0.2) is 9.79 Å². The number of nitrogens with zero attached hydrogens (tertiary/aromatic N) is 1. The number of rotatable bonds is 2. The average Bonchev–Trinajstić information content (AvgIpc) is 1.98. The number of hydrogen-bond acceptors (Lipinski definition) is 4. The third-order valence-electron chi connectivity index (χ3n) is 0.334. The quantitative estimate of drug-likeness (QED) is 0.347. The van der Waals surface area contributed by atoms with Crippen LogP contribution < -0.4 is 0 Å². The molecule has 2 N–H and O–H groups in total. The van der Waals surface area contributed by atoms with Gasteiger partial charge in [0.15, 0.2) is 0 Å². The largest absolute Gasteiger partial charge is 2.00 e. The van der Waals surface area contributed by atoms with Crippen LogP contribution in [0.1, 0.15) is 34.1 Å². The SMILES string of the molecule is CC(C)O.CC(C)O.[CH2-]CCN=C=O.[CH3-].[Ti+2]. The summed E-state index contributed by atoms with van der Waals surface area (Å²) in [5.41, 5.74) is 0. The summed E-state index contributed by atoms with van der Waals surface area (Å²) >= 11 is 0. The molecule has 0 aliphatic carbocycles. The zero-order chi connectivity index (χ0) is 12.0. The molecular formula is C11H25NO3Ti. The standard InChI is InChI=1S/C4H6NO.2C3H8O.CH3.Ti/c1-2-3-5-4-6;2*1-3(2)4;;/h1-3H2;2*3-4H,1-2H3;1H3;/q-1;;;-1;+2. The molecule has 0 aromatic heterocycles. The first-order valence-electron chi connectivity index (χ1n) is 4.57. The van der Waals surface area contributed by atoms with Crippen LogP contribution in [-0.4, -0.2) is 35.0 Å². The van der Waals surface area contributed by atoms with E-state index in [1.807, 2.05) is 0 Å². The van der Waals surface area contributed by atoms with Gasteiger partial charge in [-0.05, 0) is 27.7 Å². The van der Waals surface area contributed by atoms with Crippen LogP contribution in [0.15, 0.2) is 4.99 Å². The van der Waals surface area contributed by atoms with Gasteiger partial charge in [0.2, 0.25) is 6.08 Å². The van der Waals surface area contributed by atoms with E-state index in [0.717, 1.165) is 0 Å². The van der Waals surface area contributed by atoms with Gasteiger partial charge in [-0.3, -0.25) is 0 Å². The van der Waals surface area contributed by atoms with Crippen molar-refractivity contribution in [2.45, 2.75) is 46.3 Å². The summed E-state index contributed by atoms with van der Waals surface area (Å²) in [6, 6.07) is 0. The summed E-state index contributed by atoms with van der Waals surface area (Å²) < 4.78 is 0. The topological polar surface area (TPSA) is 69.9 Å². The average molecular weight is 267 g/mol. The van der Waals surface area contributed by atoms with E-state index in [1.54, 1.807) is 27.7 Å². The van der Waals surface area contributed by atoms with Gasteiger partial charge in [0.25, 0.3) is 0 Å². The van der Waals surface area contributed by atoms with Crippen LogP contribution in [-0.2, 0) is 26.5 Å². The predicted octanol–water partition coefficient (Wildman–Crippen LogP) is 1.77. The molecule has 16 heavy (non-hydrogen) atoms. The zero-order valence-corrected chi connectivity index (χ0v) is 12.6. The predicted molar refractivity (Wildman–Crippen MR) is 64.1 cm³/mol. The van der Waals surface area contributed by atoms with Crippen molar-refractivity contribution in [3.63, 3.8) is 0 Å². The Balaban J connectivity index is -0.0000000367. The Labute approximate surface area is 115 Å². The molecule has 0 fully saturated rings. The molecule has 0 aromatic rings. The van der Waals surface area contributed by atoms with Crippen molar-refractivity contribution in [3.05, 3.63) is 14.4 Å². The summed E-state index contributed by atoms with van der Waals surface area (Å²) in [6.45, 7) is 10.8. The van der Waals surface area contributed by atoms with Crippen molar-refractivity contribution in [3.8, 4) is 0 Å². The number of aliphatic hydroxyl groups excluding tert-OH is 2. The van der Waals surface area contributed by atoms with Crippen molar-refractivity contribution < 1.29 is 36.7 Å². The molecule has 0 radical (unpaired) electrons. The molecule has 0 aliphatic heterocycles. The van der Waals surface area contributed by atoms with Crippen molar-refractivity contribution >= 4 is 6.08 Å². The van der Waals surface area contributed by atoms with E-state index >= 15 is 0 Å². The number of hydrogen-bond donors (Lipinski definition) is 2. The van der Waals surface area contributed by atoms with E-state index in [4.69, 9.17) is 10.2 Å². The molecule has 0 atom stereocenters. The third-order valence-corrected chi connectivity index (χ3v) is 0.334. The van der Waals surface area contributed by atoms with E-state index in [-0.39, 0.29) is 41.4 Å². The maximum Gasteiger partial charge on any atom is 2.00 e. The Kier molecular flexibility index (Phi) is 54.7. The minimum Gasteiger partial charge on any atom is -0.394 e. The fourth-order valence-electron chi connectivity index (χ4n) is 0.125. The Morgan fingerprint density at radius 3 is 1.50 bits per heavy atom.